The van der Waals surface area contributed by atoms with Gasteiger partial charge < -0.3 is 10.5 Å². The standard InChI is InChI=1S/C15H18BrN3O/c1-9(2)8-11-13(16)14(17)19-15(18-11)10-6-4-5-7-12(10)20-3/h4-7,9H,8H2,1-3H3,(H2,17,18,19). The Morgan fingerprint density at radius 2 is 1.95 bits per heavy atom. The van der Waals surface area contributed by atoms with Crippen LogP contribution in [0.5, 0.6) is 5.75 Å². The molecule has 4 nitrogen and oxygen atoms in total. The number of hydrogen-bond donors (Lipinski definition) is 1. The number of anilines is 1. The van der Waals surface area contributed by atoms with Gasteiger partial charge in [-0.3, -0.25) is 0 Å². The van der Waals surface area contributed by atoms with Crippen LogP contribution >= 0.6 is 15.9 Å². The van der Waals surface area contributed by atoms with Gasteiger partial charge in [0.1, 0.15) is 11.6 Å². The van der Waals surface area contributed by atoms with E-state index in [1.54, 1.807) is 7.11 Å². The number of halogens is 1. The van der Waals surface area contributed by atoms with Crippen LogP contribution < -0.4 is 10.5 Å². The van der Waals surface area contributed by atoms with Crippen LogP contribution in [-0.4, -0.2) is 17.1 Å². The number of hydrogen-bond acceptors (Lipinski definition) is 4. The smallest absolute Gasteiger partial charge is 0.165 e. The minimum absolute atomic E-state index is 0.455. The van der Waals surface area contributed by atoms with E-state index in [2.05, 4.69) is 39.7 Å². The van der Waals surface area contributed by atoms with E-state index in [4.69, 9.17) is 10.5 Å². The van der Waals surface area contributed by atoms with Gasteiger partial charge in [0.25, 0.3) is 0 Å². The molecule has 0 unspecified atom stereocenters. The number of nitrogens with zero attached hydrogens (tertiary/aromatic N) is 2. The van der Waals surface area contributed by atoms with Crippen LogP contribution in [0.3, 0.4) is 0 Å². The van der Waals surface area contributed by atoms with Crippen LogP contribution in [0, 0.1) is 5.92 Å². The van der Waals surface area contributed by atoms with Gasteiger partial charge in [-0.25, -0.2) is 9.97 Å². The first-order valence-corrected chi connectivity index (χ1v) is 7.27. The molecule has 20 heavy (non-hydrogen) atoms. The largest absolute Gasteiger partial charge is 0.496 e. The minimum Gasteiger partial charge on any atom is -0.496 e. The fraction of sp³-hybridized carbons (Fsp3) is 0.333. The van der Waals surface area contributed by atoms with E-state index in [0.717, 1.165) is 27.9 Å². The van der Waals surface area contributed by atoms with Gasteiger partial charge in [0.15, 0.2) is 5.82 Å². The van der Waals surface area contributed by atoms with Crippen molar-refractivity contribution >= 4 is 21.7 Å². The molecule has 0 fully saturated rings. The maximum Gasteiger partial charge on any atom is 0.165 e. The summed E-state index contributed by atoms with van der Waals surface area (Å²) < 4.78 is 6.14. The summed E-state index contributed by atoms with van der Waals surface area (Å²) in [5, 5.41) is 0. The Labute approximate surface area is 127 Å². The molecule has 1 heterocycles. The van der Waals surface area contributed by atoms with Crippen LogP contribution in [0.15, 0.2) is 28.7 Å². The fourth-order valence-electron chi connectivity index (χ4n) is 1.98. The van der Waals surface area contributed by atoms with Gasteiger partial charge in [-0.2, -0.15) is 0 Å². The number of para-hydroxylation sites is 1. The zero-order valence-electron chi connectivity index (χ0n) is 11.9. The molecule has 0 amide bonds. The lowest BCUT2D eigenvalue weighted by Crippen LogP contribution is -2.06. The quantitative estimate of drug-likeness (QED) is 0.925. The van der Waals surface area contributed by atoms with E-state index in [1.807, 2.05) is 24.3 Å². The van der Waals surface area contributed by atoms with E-state index < -0.39 is 0 Å². The molecule has 2 rings (SSSR count). The van der Waals surface area contributed by atoms with E-state index in [9.17, 15) is 0 Å². The monoisotopic (exact) mass is 335 g/mol. The second-order valence-electron chi connectivity index (χ2n) is 4.99. The van der Waals surface area contributed by atoms with Crippen molar-refractivity contribution in [3.05, 3.63) is 34.4 Å². The number of nitrogens with two attached hydrogens (primary N) is 1. The van der Waals surface area contributed by atoms with E-state index in [0.29, 0.717) is 17.6 Å². The van der Waals surface area contributed by atoms with Crippen molar-refractivity contribution in [2.24, 2.45) is 5.92 Å². The van der Waals surface area contributed by atoms with Gasteiger partial charge >= 0.3 is 0 Å². The fourth-order valence-corrected chi connectivity index (χ4v) is 2.32. The lowest BCUT2D eigenvalue weighted by molar-refractivity contribution is 0.416. The van der Waals surface area contributed by atoms with Gasteiger partial charge in [-0.1, -0.05) is 26.0 Å². The van der Waals surface area contributed by atoms with E-state index >= 15 is 0 Å². The highest BCUT2D eigenvalue weighted by atomic mass is 79.9. The molecular weight excluding hydrogens is 318 g/mol. The molecule has 1 aromatic carbocycles. The molecule has 0 spiro atoms. The summed E-state index contributed by atoms with van der Waals surface area (Å²) in [5.74, 6) is 2.28. The normalized spacial score (nSPS) is 10.8. The Morgan fingerprint density at radius 3 is 2.60 bits per heavy atom. The lowest BCUT2D eigenvalue weighted by atomic mass is 10.1. The summed E-state index contributed by atoms with van der Waals surface area (Å²) >= 11 is 3.47. The van der Waals surface area contributed by atoms with Crippen LogP contribution in [0.2, 0.25) is 0 Å². The molecule has 5 heteroatoms. The van der Waals surface area contributed by atoms with Crippen molar-refractivity contribution in [3.8, 4) is 17.1 Å². The van der Waals surface area contributed by atoms with Crippen LogP contribution in [0.4, 0.5) is 5.82 Å². The van der Waals surface area contributed by atoms with Gasteiger partial charge in [0, 0.05) is 0 Å². The van der Waals surface area contributed by atoms with Crippen molar-refractivity contribution in [2.75, 3.05) is 12.8 Å². The van der Waals surface area contributed by atoms with Crippen LogP contribution in [0.25, 0.3) is 11.4 Å². The lowest BCUT2D eigenvalue weighted by Gasteiger charge is -2.12. The first-order chi connectivity index (χ1) is 9.52. The van der Waals surface area contributed by atoms with Crippen LogP contribution in [0.1, 0.15) is 19.5 Å². The Hall–Kier alpha value is -1.62. The molecule has 0 saturated carbocycles. The third kappa shape index (κ3) is 3.10. The van der Waals surface area contributed by atoms with E-state index in [-0.39, 0.29) is 0 Å². The molecule has 0 aliphatic carbocycles. The Morgan fingerprint density at radius 1 is 1.25 bits per heavy atom. The minimum atomic E-state index is 0.455. The second-order valence-corrected chi connectivity index (χ2v) is 5.78. The number of benzene rings is 1. The Kier molecular flexibility index (Phi) is 4.60. The number of nitrogen functional groups attached to an aromatic ring is 1. The molecular formula is C15H18BrN3O. The molecule has 1 aromatic heterocycles. The summed E-state index contributed by atoms with van der Waals surface area (Å²) in [6, 6.07) is 7.67. The predicted molar refractivity (Wildman–Crippen MR) is 84.7 cm³/mol. The highest BCUT2D eigenvalue weighted by Crippen LogP contribution is 2.31. The highest BCUT2D eigenvalue weighted by Gasteiger charge is 2.15. The summed E-state index contributed by atoms with van der Waals surface area (Å²) in [6.45, 7) is 4.29. The molecule has 0 aliphatic rings. The topological polar surface area (TPSA) is 61.0 Å². The zero-order chi connectivity index (χ0) is 14.7. The van der Waals surface area contributed by atoms with Gasteiger partial charge in [0.05, 0.1) is 22.8 Å². The molecule has 0 atom stereocenters. The molecule has 2 aromatic rings. The van der Waals surface area contributed by atoms with Crippen LogP contribution in [-0.2, 0) is 6.42 Å². The Bertz CT molecular complexity index is 614. The molecule has 0 saturated heterocycles. The third-order valence-corrected chi connectivity index (χ3v) is 3.76. The number of methoxy groups -OCH3 is 1. The number of ether oxygens (including phenoxy) is 1. The molecule has 0 radical (unpaired) electrons. The van der Waals surface area contributed by atoms with Crippen molar-refractivity contribution < 1.29 is 4.74 Å². The maximum absolute atomic E-state index is 5.99. The van der Waals surface area contributed by atoms with Crippen molar-refractivity contribution in [1.29, 1.82) is 0 Å². The summed E-state index contributed by atoms with van der Waals surface area (Å²) in [6.07, 6.45) is 0.843. The Balaban J connectivity index is 2.54. The predicted octanol–water partition coefficient (Wildman–Crippen LogP) is 3.70. The second kappa shape index (κ2) is 6.22. The molecule has 0 bridgehead atoms. The van der Waals surface area contributed by atoms with Gasteiger partial charge in [-0.05, 0) is 40.4 Å². The van der Waals surface area contributed by atoms with Gasteiger partial charge in [0.2, 0.25) is 0 Å². The summed E-state index contributed by atoms with van der Waals surface area (Å²) in [7, 11) is 1.63. The average Bonchev–Trinajstić information content (AvgIpc) is 2.43. The average molecular weight is 336 g/mol. The zero-order valence-corrected chi connectivity index (χ0v) is 13.4. The highest BCUT2D eigenvalue weighted by molar-refractivity contribution is 9.10. The summed E-state index contributed by atoms with van der Waals surface area (Å²) in [4.78, 5) is 8.99. The first-order valence-electron chi connectivity index (χ1n) is 6.48. The van der Waals surface area contributed by atoms with Crippen molar-refractivity contribution in [3.63, 3.8) is 0 Å². The third-order valence-electron chi connectivity index (χ3n) is 2.89. The van der Waals surface area contributed by atoms with Crippen molar-refractivity contribution in [1.82, 2.24) is 9.97 Å². The summed E-state index contributed by atoms with van der Waals surface area (Å²) in [5.41, 5.74) is 7.76. The van der Waals surface area contributed by atoms with E-state index in [1.165, 1.54) is 0 Å². The first kappa shape index (κ1) is 14.8. The molecule has 2 N–H and O–H groups in total. The maximum atomic E-state index is 5.99. The van der Waals surface area contributed by atoms with Crippen molar-refractivity contribution in [2.45, 2.75) is 20.3 Å². The molecule has 0 aliphatic heterocycles. The number of aromatic nitrogens is 2. The van der Waals surface area contributed by atoms with Gasteiger partial charge in [-0.15, -0.1) is 0 Å². The number of rotatable bonds is 4. The molecule has 106 valence electrons. The SMILES string of the molecule is COc1ccccc1-c1nc(N)c(Br)c(CC(C)C)n1.